The van der Waals surface area contributed by atoms with E-state index in [1.54, 1.807) is 17.2 Å². The molecule has 3 aliphatic rings. The van der Waals surface area contributed by atoms with Crippen molar-refractivity contribution in [1.29, 1.82) is 0 Å². The Morgan fingerprint density at radius 2 is 2.07 bits per heavy atom. The summed E-state index contributed by atoms with van der Waals surface area (Å²) in [6.07, 6.45) is 1.71. The fourth-order valence-corrected chi connectivity index (χ4v) is 5.82. The van der Waals surface area contributed by atoms with Crippen LogP contribution >= 0.6 is 11.3 Å². The molecule has 2 aromatic rings. The number of hydrogen-bond acceptors (Lipinski definition) is 10. The highest BCUT2D eigenvalue weighted by Crippen LogP contribution is 2.25. The van der Waals surface area contributed by atoms with Crippen LogP contribution in [0.25, 0.3) is 0 Å². The van der Waals surface area contributed by atoms with E-state index in [1.165, 1.54) is 37.7 Å². The number of hydrogen-bond donors (Lipinski definition) is 2. The third-order valence-corrected chi connectivity index (χ3v) is 7.99. The number of piperazine rings is 1. The number of nitrogens with one attached hydrogen (secondary N) is 1. The van der Waals surface area contributed by atoms with Crippen LogP contribution in [0.2, 0.25) is 0 Å². The minimum atomic E-state index is -1.05. The monoisotopic (exact) mass is 578 g/mol. The molecule has 2 N–H and O–H groups in total. The van der Waals surface area contributed by atoms with Gasteiger partial charge in [0.05, 0.1) is 49.5 Å². The Kier molecular flexibility index (Phi) is 8.23. The molecule has 1 aromatic carbocycles. The minimum Gasteiger partial charge on any atom is -0.495 e. The highest BCUT2D eigenvalue weighted by Gasteiger charge is 2.41. The van der Waals surface area contributed by atoms with Crippen LogP contribution in [0.3, 0.4) is 0 Å². The molecule has 13 heteroatoms. The van der Waals surface area contributed by atoms with E-state index in [2.05, 4.69) is 32.0 Å². The highest BCUT2D eigenvalue weighted by atomic mass is 32.1. The molecule has 0 unspecified atom stereocenters. The van der Waals surface area contributed by atoms with Gasteiger partial charge < -0.3 is 29.7 Å². The highest BCUT2D eigenvalue weighted by molar-refractivity contribution is 7.11. The predicted molar refractivity (Wildman–Crippen MR) is 151 cm³/mol. The standard InChI is InChI=1S/C28H30N6O6S/c1-17-23(27(37)40-3)21(31-24(30-17)25-29-8-12-41-25)16-32-10-11-34-20(14-32)15-33(28(34)38)9-4-5-18-6-7-19(26(35)36)13-22(18)39-2/h6-8,12-13,17,20H,9-11,14-16H2,1-3H3,(H,30,31)(H,35,36)/t17-,20-/m0/s1. The summed E-state index contributed by atoms with van der Waals surface area (Å²) in [5.41, 5.74) is 1.88. The number of nitrogens with zero attached hydrogens (tertiary/aromatic N) is 5. The average molecular weight is 579 g/mol. The largest absolute Gasteiger partial charge is 0.495 e. The Hall–Kier alpha value is -4.41. The average Bonchev–Trinajstić information content (AvgIpc) is 3.61. The van der Waals surface area contributed by atoms with Crippen LogP contribution in [0, 0.1) is 11.8 Å². The number of carboxylic acids is 1. The summed E-state index contributed by atoms with van der Waals surface area (Å²) in [5.74, 6) is 5.56. The molecule has 214 valence electrons. The number of methoxy groups -OCH3 is 2. The molecule has 41 heavy (non-hydrogen) atoms. The number of aromatic carboxylic acids is 1. The molecule has 3 aliphatic heterocycles. The van der Waals surface area contributed by atoms with Crippen molar-refractivity contribution in [3.63, 3.8) is 0 Å². The molecule has 5 rings (SSSR count). The Labute approximate surface area is 241 Å². The van der Waals surface area contributed by atoms with Crippen molar-refractivity contribution in [3.8, 4) is 17.6 Å². The number of carbonyl (C=O) groups excluding carboxylic acids is 2. The Morgan fingerprint density at radius 1 is 1.24 bits per heavy atom. The van der Waals surface area contributed by atoms with Crippen LogP contribution in [-0.4, -0.2) is 114 Å². The second-order valence-corrected chi connectivity index (χ2v) is 10.7. The van der Waals surface area contributed by atoms with Gasteiger partial charge >= 0.3 is 18.0 Å². The lowest BCUT2D eigenvalue weighted by Gasteiger charge is -2.37. The molecule has 0 aliphatic carbocycles. The molecular formula is C28H30N6O6S. The van der Waals surface area contributed by atoms with Gasteiger partial charge in [-0.05, 0) is 25.1 Å². The lowest BCUT2D eigenvalue weighted by molar-refractivity contribution is -0.136. The topological polar surface area (TPSA) is 137 Å². The quantitative estimate of drug-likeness (QED) is 0.370. The van der Waals surface area contributed by atoms with Crippen LogP contribution in [0.1, 0.15) is 27.9 Å². The summed E-state index contributed by atoms with van der Waals surface area (Å²) in [6, 6.07) is 4.03. The van der Waals surface area contributed by atoms with Crippen LogP contribution in [-0.2, 0) is 9.53 Å². The second-order valence-electron chi connectivity index (χ2n) is 9.77. The first-order valence-corrected chi connectivity index (χ1v) is 13.9. The first-order chi connectivity index (χ1) is 19.8. The van der Waals surface area contributed by atoms with Crippen molar-refractivity contribution in [2.24, 2.45) is 4.99 Å². The smallest absolute Gasteiger partial charge is 0.337 e. The van der Waals surface area contributed by atoms with Gasteiger partial charge in [0, 0.05) is 50.0 Å². The molecule has 2 fully saturated rings. The van der Waals surface area contributed by atoms with E-state index in [0.717, 1.165) is 10.7 Å². The van der Waals surface area contributed by atoms with Crippen LogP contribution in [0.4, 0.5) is 4.79 Å². The van der Waals surface area contributed by atoms with E-state index in [4.69, 9.17) is 9.47 Å². The fourth-order valence-electron chi connectivity index (χ4n) is 5.23. The van der Waals surface area contributed by atoms with Gasteiger partial charge in [0.1, 0.15) is 5.75 Å². The maximum atomic E-state index is 13.1. The van der Waals surface area contributed by atoms with Crippen molar-refractivity contribution >= 4 is 35.1 Å². The fraction of sp³-hybridized carbons (Fsp3) is 0.393. The third-order valence-electron chi connectivity index (χ3n) is 7.21. The van der Waals surface area contributed by atoms with Gasteiger partial charge in [0.15, 0.2) is 10.8 Å². The number of amides is 2. The molecule has 2 atom stereocenters. The first-order valence-electron chi connectivity index (χ1n) is 13.0. The molecule has 0 saturated carbocycles. The summed E-state index contributed by atoms with van der Waals surface area (Å²) < 4.78 is 10.3. The van der Waals surface area contributed by atoms with Gasteiger partial charge in [-0.1, -0.05) is 11.8 Å². The Bertz CT molecular complexity index is 1480. The van der Waals surface area contributed by atoms with Crippen molar-refractivity contribution in [2.45, 2.75) is 19.0 Å². The van der Waals surface area contributed by atoms with Gasteiger partial charge in [-0.3, -0.25) is 9.89 Å². The van der Waals surface area contributed by atoms with Gasteiger partial charge in [-0.15, -0.1) is 11.3 Å². The van der Waals surface area contributed by atoms with E-state index < -0.39 is 11.9 Å². The molecule has 2 saturated heterocycles. The van der Waals surface area contributed by atoms with Gasteiger partial charge in [0.25, 0.3) is 0 Å². The normalized spacial score (nSPS) is 20.6. The van der Waals surface area contributed by atoms with Crippen LogP contribution < -0.4 is 10.1 Å². The van der Waals surface area contributed by atoms with Crippen molar-refractivity contribution in [2.75, 3.05) is 53.5 Å². The van der Waals surface area contributed by atoms with Gasteiger partial charge in [-0.25, -0.2) is 19.4 Å². The number of aromatic nitrogens is 1. The lowest BCUT2D eigenvalue weighted by Crippen LogP contribution is -2.53. The van der Waals surface area contributed by atoms with E-state index in [9.17, 15) is 19.5 Å². The Morgan fingerprint density at radius 3 is 2.78 bits per heavy atom. The summed E-state index contributed by atoms with van der Waals surface area (Å²) in [4.78, 5) is 51.8. The molecule has 0 radical (unpaired) electrons. The van der Waals surface area contributed by atoms with Crippen molar-refractivity contribution < 1.29 is 29.0 Å². The number of benzene rings is 1. The summed E-state index contributed by atoms with van der Waals surface area (Å²) in [5, 5.41) is 15.1. The van der Waals surface area contributed by atoms with Gasteiger partial charge in [-0.2, -0.15) is 0 Å². The Balaban J connectivity index is 1.25. The molecule has 0 bridgehead atoms. The predicted octanol–water partition coefficient (Wildman–Crippen LogP) is 1.49. The van der Waals surface area contributed by atoms with Crippen molar-refractivity contribution in [1.82, 2.24) is 25.0 Å². The molecule has 0 spiro atoms. The minimum absolute atomic E-state index is 0.0160. The number of fused-ring (bicyclic) bond motifs is 1. The first kappa shape index (κ1) is 28.1. The number of carboxylic acid groups (broad SMARTS) is 1. The molecular weight excluding hydrogens is 548 g/mol. The lowest BCUT2D eigenvalue weighted by atomic mass is 10.0. The molecule has 1 aromatic heterocycles. The number of aliphatic imine (C=N–C) groups is 1. The zero-order valence-electron chi connectivity index (χ0n) is 22.9. The zero-order chi connectivity index (χ0) is 29.1. The molecule has 12 nitrogen and oxygen atoms in total. The third kappa shape index (κ3) is 5.89. The number of rotatable bonds is 7. The summed E-state index contributed by atoms with van der Waals surface area (Å²) >= 11 is 1.47. The SMILES string of the molecule is COC(=O)C1=C(CN2CCN3C(=O)N(CC#Cc4ccc(C(=O)O)cc4OC)C[C@@H]3C2)NC(c2nccs2)=N[C@H]1C. The number of thiazole rings is 1. The van der Waals surface area contributed by atoms with Crippen LogP contribution in [0.5, 0.6) is 5.75 Å². The maximum Gasteiger partial charge on any atom is 0.337 e. The number of esters is 1. The van der Waals surface area contributed by atoms with Crippen molar-refractivity contribution in [3.05, 3.63) is 57.2 Å². The summed E-state index contributed by atoms with van der Waals surface area (Å²) in [7, 11) is 2.82. The van der Waals surface area contributed by atoms with E-state index in [-0.39, 0.29) is 30.2 Å². The number of amidine groups is 1. The van der Waals surface area contributed by atoms with E-state index in [1.807, 2.05) is 17.2 Å². The molecule has 4 heterocycles. The maximum absolute atomic E-state index is 13.1. The molecule has 2 amide bonds. The van der Waals surface area contributed by atoms with E-state index >= 15 is 0 Å². The van der Waals surface area contributed by atoms with E-state index in [0.29, 0.717) is 55.4 Å². The van der Waals surface area contributed by atoms with Gasteiger partial charge in [0.2, 0.25) is 0 Å². The zero-order valence-corrected chi connectivity index (χ0v) is 23.7. The second kappa shape index (κ2) is 12.0. The number of ether oxygens (including phenoxy) is 2. The number of urea groups is 1. The summed E-state index contributed by atoms with van der Waals surface area (Å²) in [6.45, 7) is 4.94. The van der Waals surface area contributed by atoms with Crippen LogP contribution in [0.15, 0.2) is 46.0 Å². The number of carbonyl (C=O) groups is 3.